The first-order valence-electron chi connectivity index (χ1n) is 6.30. The van der Waals surface area contributed by atoms with Gasteiger partial charge in [-0.05, 0) is 12.1 Å². The molecule has 0 aliphatic heterocycles. The normalized spacial score (nSPS) is 11.9. The summed E-state index contributed by atoms with van der Waals surface area (Å²) in [5.41, 5.74) is -0.379. The molecule has 1 heterocycles. The van der Waals surface area contributed by atoms with Crippen molar-refractivity contribution in [1.29, 1.82) is 0 Å². The van der Waals surface area contributed by atoms with Gasteiger partial charge in [-0.2, -0.15) is 13.2 Å². The minimum atomic E-state index is -4.44. The molecule has 4 nitrogen and oxygen atoms in total. The van der Waals surface area contributed by atoms with Crippen LogP contribution in [0.1, 0.15) is 16.1 Å². The molecule has 0 amide bonds. The van der Waals surface area contributed by atoms with Crippen LogP contribution in [0.5, 0.6) is 0 Å². The third kappa shape index (κ3) is 3.75. The van der Waals surface area contributed by atoms with Crippen LogP contribution in [0, 0.1) is 0 Å². The van der Waals surface area contributed by atoms with Crippen LogP contribution in [0.15, 0.2) is 47.1 Å². The van der Waals surface area contributed by atoms with Gasteiger partial charge in [0.1, 0.15) is 5.69 Å². The Hall–Kier alpha value is -2.57. The topological polar surface area (TPSA) is 46.3 Å². The second kappa shape index (κ2) is 6.05. The van der Waals surface area contributed by atoms with E-state index in [1.807, 2.05) is 0 Å². The van der Waals surface area contributed by atoms with Crippen LogP contribution in [0.3, 0.4) is 0 Å². The zero-order valence-electron chi connectivity index (χ0n) is 11.9. The van der Waals surface area contributed by atoms with Gasteiger partial charge in [0.25, 0.3) is 0 Å². The molecule has 0 radical (unpaired) electrons. The second-order valence-corrected chi connectivity index (χ2v) is 4.80. The number of rotatable bonds is 4. The van der Waals surface area contributed by atoms with E-state index in [1.54, 1.807) is 19.0 Å². The fraction of sp³-hybridized carbons (Fsp3) is 0.200. The summed E-state index contributed by atoms with van der Waals surface area (Å²) in [5, 5.41) is 3.65. The third-order valence-corrected chi connectivity index (χ3v) is 2.76. The van der Waals surface area contributed by atoms with Gasteiger partial charge < -0.3 is 9.42 Å². The minimum Gasteiger partial charge on any atom is -0.383 e. The molecule has 2 aromatic rings. The average Bonchev–Trinajstić information content (AvgIpc) is 2.94. The Morgan fingerprint density at radius 3 is 2.64 bits per heavy atom. The molecule has 0 spiro atoms. The lowest BCUT2D eigenvalue weighted by Gasteiger charge is -2.06. The molecule has 1 aromatic carbocycles. The van der Waals surface area contributed by atoms with Crippen molar-refractivity contribution in [3.8, 4) is 11.3 Å². The van der Waals surface area contributed by atoms with Gasteiger partial charge >= 0.3 is 6.18 Å². The van der Waals surface area contributed by atoms with Gasteiger partial charge in [0.05, 0.1) is 5.56 Å². The lowest BCUT2D eigenvalue weighted by molar-refractivity contribution is -0.137. The first kappa shape index (κ1) is 15.8. The fourth-order valence-electron chi connectivity index (χ4n) is 1.68. The van der Waals surface area contributed by atoms with Crippen molar-refractivity contribution in [2.24, 2.45) is 0 Å². The summed E-state index contributed by atoms with van der Waals surface area (Å²) in [4.78, 5) is 13.5. The van der Waals surface area contributed by atoms with Crippen LogP contribution in [0.25, 0.3) is 11.3 Å². The molecule has 116 valence electrons. The van der Waals surface area contributed by atoms with E-state index in [9.17, 15) is 18.0 Å². The zero-order valence-corrected chi connectivity index (χ0v) is 11.9. The Balaban J connectivity index is 2.27. The monoisotopic (exact) mass is 310 g/mol. The number of nitrogens with zero attached hydrogens (tertiary/aromatic N) is 2. The number of halogens is 3. The molecule has 0 unspecified atom stereocenters. The first-order valence-corrected chi connectivity index (χ1v) is 6.30. The minimum absolute atomic E-state index is 0.0366. The Labute approximate surface area is 124 Å². The quantitative estimate of drug-likeness (QED) is 0.639. The van der Waals surface area contributed by atoms with Crippen LogP contribution >= 0.6 is 0 Å². The van der Waals surface area contributed by atoms with Crippen LogP contribution < -0.4 is 0 Å². The molecule has 0 saturated carbocycles. The molecule has 0 fully saturated rings. The first-order chi connectivity index (χ1) is 10.3. The Bertz CT molecular complexity index is 703. The van der Waals surface area contributed by atoms with Crippen LogP contribution in [0.2, 0.25) is 0 Å². The van der Waals surface area contributed by atoms with Crippen molar-refractivity contribution in [1.82, 2.24) is 10.1 Å². The molecule has 1 aromatic heterocycles. The zero-order chi connectivity index (χ0) is 16.3. The summed E-state index contributed by atoms with van der Waals surface area (Å²) in [5.74, 6) is -0.454. The van der Waals surface area contributed by atoms with Crippen molar-refractivity contribution in [2.45, 2.75) is 6.18 Å². The van der Waals surface area contributed by atoms with Crippen LogP contribution in [0.4, 0.5) is 13.2 Å². The molecule has 0 N–H and O–H groups in total. The highest BCUT2D eigenvalue weighted by molar-refractivity contribution is 6.02. The number of ketones is 1. The average molecular weight is 310 g/mol. The predicted octanol–water partition coefficient (Wildman–Crippen LogP) is 3.62. The van der Waals surface area contributed by atoms with Crippen molar-refractivity contribution < 1.29 is 22.5 Å². The van der Waals surface area contributed by atoms with E-state index in [2.05, 4.69) is 5.16 Å². The molecule has 0 aliphatic carbocycles. The maximum Gasteiger partial charge on any atom is 0.416 e. The van der Waals surface area contributed by atoms with Crippen molar-refractivity contribution in [3.63, 3.8) is 0 Å². The molecular weight excluding hydrogens is 297 g/mol. The SMILES string of the molecule is CN(C)C=CC(=O)c1cc(-c2cccc(C(F)(F)F)c2)no1. The predicted molar refractivity (Wildman–Crippen MR) is 74.1 cm³/mol. The number of carbonyl (C=O) groups excluding carboxylic acids is 1. The van der Waals surface area contributed by atoms with E-state index in [1.165, 1.54) is 30.5 Å². The van der Waals surface area contributed by atoms with Crippen LogP contribution in [-0.2, 0) is 6.18 Å². The second-order valence-electron chi connectivity index (χ2n) is 4.80. The highest BCUT2D eigenvalue weighted by Gasteiger charge is 2.30. The third-order valence-electron chi connectivity index (χ3n) is 2.76. The summed E-state index contributed by atoms with van der Waals surface area (Å²) in [6, 6.07) is 5.99. The molecule has 22 heavy (non-hydrogen) atoms. The van der Waals surface area contributed by atoms with E-state index >= 15 is 0 Å². The number of carbonyl (C=O) groups is 1. The van der Waals surface area contributed by atoms with Crippen molar-refractivity contribution in [2.75, 3.05) is 14.1 Å². The summed E-state index contributed by atoms with van der Waals surface area (Å²) in [6.07, 6.45) is -1.61. The van der Waals surface area contributed by atoms with Crippen LogP contribution in [-0.4, -0.2) is 29.9 Å². The molecule has 0 atom stereocenters. The van der Waals surface area contributed by atoms with Gasteiger partial charge in [-0.3, -0.25) is 4.79 Å². The van der Waals surface area contributed by atoms with E-state index in [0.717, 1.165) is 12.1 Å². The van der Waals surface area contributed by atoms with E-state index in [4.69, 9.17) is 4.52 Å². The highest BCUT2D eigenvalue weighted by atomic mass is 19.4. The Morgan fingerprint density at radius 2 is 2.00 bits per heavy atom. The number of hydrogen-bond donors (Lipinski definition) is 0. The number of aromatic nitrogens is 1. The molecule has 2 rings (SSSR count). The van der Waals surface area contributed by atoms with Gasteiger partial charge in [-0.1, -0.05) is 17.3 Å². The number of hydrogen-bond acceptors (Lipinski definition) is 4. The van der Waals surface area contributed by atoms with E-state index in [-0.39, 0.29) is 17.0 Å². The standard InChI is InChI=1S/C15H13F3N2O2/c1-20(2)7-6-13(21)14-9-12(19-22-14)10-4-3-5-11(8-10)15(16,17)18/h3-9H,1-2H3. The summed E-state index contributed by atoms with van der Waals surface area (Å²) < 4.78 is 42.9. The van der Waals surface area contributed by atoms with Gasteiger partial charge in [0.2, 0.25) is 11.5 Å². The van der Waals surface area contributed by atoms with Gasteiger partial charge in [0.15, 0.2) is 0 Å². The van der Waals surface area contributed by atoms with E-state index in [0.29, 0.717) is 0 Å². The van der Waals surface area contributed by atoms with Crippen molar-refractivity contribution >= 4 is 5.78 Å². The summed E-state index contributed by atoms with van der Waals surface area (Å²) >= 11 is 0. The van der Waals surface area contributed by atoms with Gasteiger partial charge in [-0.25, -0.2) is 0 Å². The Kier molecular flexibility index (Phi) is 4.35. The fourth-order valence-corrected chi connectivity index (χ4v) is 1.68. The maximum absolute atomic E-state index is 12.7. The lowest BCUT2D eigenvalue weighted by atomic mass is 10.1. The lowest BCUT2D eigenvalue weighted by Crippen LogP contribution is -2.04. The molecule has 7 heteroatoms. The van der Waals surface area contributed by atoms with E-state index < -0.39 is 17.5 Å². The van der Waals surface area contributed by atoms with Gasteiger partial charge in [-0.15, -0.1) is 0 Å². The molecule has 0 bridgehead atoms. The number of benzene rings is 1. The number of alkyl halides is 3. The maximum atomic E-state index is 12.7. The largest absolute Gasteiger partial charge is 0.416 e. The smallest absolute Gasteiger partial charge is 0.383 e. The molecule has 0 aliphatic rings. The van der Waals surface area contributed by atoms with Gasteiger partial charge in [0, 0.05) is 38.0 Å². The Morgan fingerprint density at radius 1 is 1.27 bits per heavy atom. The molecular formula is C15H13F3N2O2. The van der Waals surface area contributed by atoms with Crippen molar-refractivity contribution in [3.05, 3.63) is 53.9 Å². The number of allylic oxidation sites excluding steroid dienone is 1. The molecule has 0 saturated heterocycles. The highest BCUT2D eigenvalue weighted by Crippen LogP contribution is 2.32. The summed E-state index contributed by atoms with van der Waals surface area (Å²) in [6.45, 7) is 0. The summed E-state index contributed by atoms with van der Waals surface area (Å²) in [7, 11) is 3.50.